The van der Waals surface area contributed by atoms with E-state index in [4.69, 9.17) is 0 Å². The SMILES string of the molecule is CN1CCN=C1NCc1cccc(NC(=O)N2CCCC2)c1. The molecule has 0 atom stereocenters. The fraction of sp³-hybridized carbons (Fsp3) is 0.500. The standard InChI is InChI=1S/C16H23N5O/c1-20-10-7-17-15(20)18-12-13-5-4-6-14(11-13)19-16(22)21-8-2-3-9-21/h4-6,11H,2-3,7-10,12H2,1H3,(H,17,18)(H,19,22). The van der Waals surface area contributed by atoms with Crippen LogP contribution < -0.4 is 10.6 Å². The van der Waals surface area contributed by atoms with Crippen molar-refractivity contribution in [1.29, 1.82) is 0 Å². The van der Waals surface area contributed by atoms with Crippen LogP contribution in [-0.2, 0) is 6.54 Å². The molecule has 6 nitrogen and oxygen atoms in total. The second-order valence-electron chi connectivity index (χ2n) is 5.81. The highest BCUT2D eigenvalue weighted by Gasteiger charge is 2.17. The lowest BCUT2D eigenvalue weighted by Crippen LogP contribution is -2.35. The lowest BCUT2D eigenvalue weighted by molar-refractivity contribution is 0.222. The molecule has 0 aliphatic carbocycles. The molecular formula is C16H23N5O. The van der Waals surface area contributed by atoms with E-state index in [9.17, 15) is 4.79 Å². The van der Waals surface area contributed by atoms with Gasteiger partial charge in [-0.1, -0.05) is 12.1 Å². The van der Waals surface area contributed by atoms with Crippen LogP contribution in [0, 0.1) is 0 Å². The van der Waals surface area contributed by atoms with E-state index >= 15 is 0 Å². The highest BCUT2D eigenvalue weighted by molar-refractivity contribution is 5.89. The van der Waals surface area contributed by atoms with Gasteiger partial charge in [-0.15, -0.1) is 0 Å². The first-order chi connectivity index (χ1) is 10.7. The van der Waals surface area contributed by atoms with Gasteiger partial charge in [-0.3, -0.25) is 4.99 Å². The monoisotopic (exact) mass is 301 g/mol. The van der Waals surface area contributed by atoms with Crippen molar-refractivity contribution in [1.82, 2.24) is 15.1 Å². The van der Waals surface area contributed by atoms with Crippen LogP contribution in [0.15, 0.2) is 29.3 Å². The lowest BCUT2D eigenvalue weighted by Gasteiger charge is -2.17. The molecule has 1 fully saturated rings. The number of hydrogen-bond donors (Lipinski definition) is 2. The number of hydrogen-bond acceptors (Lipinski definition) is 4. The third-order valence-corrected chi connectivity index (χ3v) is 4.08. The number of carbonyl (C=O) groups excluding carboxylic acids is 1. The average Bonchev–Trinajstić information content (AvgIpc) is 3.17. The Morgan fingerprint density at radius 2 is 2.09 bits per heavy atom. The van der Waals surface area contributed by atoms with Gasteiger partial charge in [0.2, 0.25) is 0 Å². The fourth-order valence-electron chi connectivity index (χ4n) is 2.79. The molecule has 2 heterocycles. The molecular weight excluding hydrogens is 278 g/mol. The number of guanidine groups is 1. The molecule has 1 saturated heterocycles. The van der Waals surface area contributed by atoms with Crippen LogP contribution in [0.1, 0.15) is 18.4 Å². The second-order valence-corrected chi connectivity index (χ2v) is 5.81. The molecule has 0 radical (unpaired) electrons. The molecule has 22 heavy (non-hydrogen) atoms. The Labute approximate surface area is 131 Å². The minimum atomic E-state index is 0.00232. The van der Waals surface area contributed by atoms with Crippen LogP contribution >= 0.6 is 0 Å². The number of carbonyl (C=O) groups is 1. The van der Waals surface area contributed by atoms with Crippen molar-refractivity contribution in [2.24, 2.45) is 4.99 Å². The summed E-state index contributed by atoms with van der Waals surface area (Å²) in [6.45, 7) is 4.24. The highest BCUT2D eigenvalue weighted by atomic mass is 16.2. The number of urea groups is 1. The van der Waals surface area contributed by atoms with Crippen LogP contribution in [0.2, 0.25) is 0 Å². The van der Waals surface area contributed by atoms with Gasteiger partial charge in [0.05, 0.1) is 6.54 Å². The summed E-state index contributed by atoms with van der Waals surface area (Å²) in [5.74, 6) is 0.937. The van der Waals surface area contributed by atoms with E-state index in [-0.39, 0.29) is 6.03 Å². The molecule has 2 amide bonds. The number of likely N-dealkylation sites (N-methyl/N-ethyl adjacent to an activating group) is 1. The molecule has 3 rings (SSSR count). The third kappa shape index (κ3) is 3.50. The summed E-state index contributed by atoms with van der Waals surface area (Å²) in [6, 6.07) is 7.96. The zero-order valence-electron chi connectivity index (χ0n) is 13.0. The van der Waals surface area contributed by atoms with Gasteiger partial charge in [0.25, 0.3) is 0 Å². The van der Waals surface area contributed by atoms with Crippen molar-refractivity contribution in [2.45, 2.75) is 19.4 Å². The number of aliphatic imine (C=N–C) groups is 1. The smallest absolute Gasteiger partial charge is 0.321 e. The molecule has 1 aromatic carbocycles. The minimum absolute atomic E-state index is 0.00232. The van der Waals surface area contributed by atoms with Gasteiger partial charge in [-0.2, -0.15) is 0 Å². The molecule has 1 aromatic rings. The van der Waals surface area contributed by atoms with Gasteiger partial charge in [-0.25, -0.2) is 4.79 Å². The maximum atomic E-state index is 12.1. The Bertz CT molecular complexity index is 565. The number of likely N-dealkylation sites (tertiary alicyclic amines) is 1. The first kappa shape index (κ1) is 14.7. The topological polar surface area (TPSA) is 60.0 Å². The van der Waals surface area contributed by atoms with E-state index in [1.807, 2.05) is 36.2 Å². The maximum absolute atomic E-state index is 12.1. The molecule has 6 heteroatoms. The summed E-state index contributed by atoms with van der Waals surface area (Å²) in [5, 5.41) is 6.32. The van der Waals surface area contributed by atoms with E-state index in [1.54, 1.807) is 0 Å². The number of anilines is 1. The second kappa shape index (κ2) is 6.68. The fourth-order valence-corrected chi connectivity index (χ4v) is 2.79. The summed E-state index contributed by atoms with van der Waals surface area (Å²) < 4.78 is 0. The van der Waals surface area contributed by atoms with E-state index in [1.165, 1.54) is 0 Å². The van der Waals surface area contributed by atoms with Gasteiger partial charge >= 0.3 is 6.03 Å². The van der Waals surface area contributed by atoms with Crippen LogP contribution in [0.4, 0.5) is 10.5 Å². The molecule has 0 spiro atoms. The van der Waals surface area contributed by atoms with Crippen molar-refractivity contribution < 1.29 is 4.79 Å². The quantitative estimate of drug-likeness (QED) is 0.893. The average molecular weight is 301 g/mol. The first-order valence-corrected chi connectivity index (χ1v) is 7.87. The predicted molar refractivity (Wildman–Crippen MR) is 88.0 cm³/mol. The predicted octanol–water partition coefficient (Wildman–Crippen LogP) is 1.71. The van der Waals surface area contributed by atoms with E-state index in [2.05, 4.69) is 20.5 Å². The molecule has 2 aliphatic rings. The first-order valence-electron chi connectivity index (χ1n) is 7.87. The van der Waals surface area contributed by atoms with Crippen LogP contribution in [0.25, 0.3) is 0 Å². The van der Waals surface area contributed by atoms with Crippen LogP contribution in [0.5, 0.6) is 0 Å². The highest BCUT2D eigenvalue weighted by Crippen LogP contribution is 2.14. The zero-order valence-corrected chi connectivity index (χ0v) is 13.0. The molecule has 118 valence electrons. The molecule has 0 bridgehead atoms. The summed E-state index contributed by atoms with van der Waals surface area (Å²) in [6.07, 6.45) is 2.21. The third-order valence-electron chi connectivity index (χ3n) is 4.08. The van der Waals surface area contributed by atoms with Crippen molar-refractivity contribution in [3.05, 3.63) is 29.8 Å². The van der Waals surface area contributed by atoms with Gasteiger partial charge in [0, 0.05) is 38.9 Å². The zero-order chi connectivity index (χ0) is 15.4. The molecule has 0 aromatic heterocycles. The number of nitrogens with one attached hydrogen (secondary N) is 2. The number of amides is 2. The van der Waals surface area contributed by atoms with Gasteiger partial charge < -0.3 is 20.4 Å². The Balaban J connectivity index is 1.56. The Hall–Kier alpha value is -2.24. The van der Waals surface area contributed by atoms with Crippen molar-refractivity contribution >= 4 is 17.7 Å². The largest absolute Gasteiger partial charge is 0.352 e. The van der Waals surface area contributed by atoms with Crippen molar-refractivity contribution in [3.63, 3.8) is 0 Å². The maximum Gasteiger partial charge on any atom is 0.321 e. The Morgan fingerprint density at radius 3 is 2.82 bits per heavy atom. The van der Waals surface area contributed by atoms with Gasteiger partial charge in [-0.05, 0) is 30.5 Å². The van der Waals surface area contributed by atoms with Crippen LogP contribution in [0.3, 0.4) is 0 Å². The van der Waals surface area contributed by atoms with Crippen molar-refractivity contribution in [3.8, 4) is 0 Å². The Morgan fingerprint density at radius 1 is 1.27 bits per heavy atom. The normalized spacial score (nSPS) is 17.6. The van der Waals surface area contributed by atoms with Gasteiger partial charge in [0.1, 0.15) is 0 Å². The minimum Gasteiger partial charge on any atom is -0.352 e. The summed E-state index contributed by atoms with van der Waals surface area (Å²) in [7, 11) is 2.03. The molecule has 2 aliphatic heterocycles. The summed E-state index contributed by atoms with van der Waals surface area (Å²) >= 11 is 0. The van der Waals surface area contributed by atoms with Crippen molar-refractivity contribution in [2.75, 3.05) is 38.5 Å². The number of nitrogens with zero attached hydrogens (tertiary/aromatic N) is 3. The molecule has 0 unspecified atom stereocenters. The van der Waals surface area contributed by atoms with E-state index in [0.29, 0.717) is 6.54 Å². The van der Waals surface area contributed by atoms with Gasteiger partial charge in [0.15, 0.2) is 5.96 Å². The molecule has 2 N–H and O–H groups in total. The van der Waals surface area contributed by atoms with Crippen LogP contribution in [-0.4, -0.2) is 55.0 Å². The number of benzene rings is 1. The lowest BCUT2D eigenvalue weighted by atomic mass is 10.2. The number of rotatable bonds is 3. The molecule has 0 saturated carbocycles. The summed E-state index contributed by atoms with van der Waals surface area (Å²) in [5.41, 5.74) is 1.97. The van der Waals surface area contributed by atoms with E-state index < -0.39 is 0 Å². The Kier molecular flexibility index (Phi) is 4.46. The van der Waals surface area contributed by atoms with E-state index in [0.717, 1.165) is 56.2 Å². The summed E-state index contributed by atoms with van der Waals surface area (Å²) in [4.78, 5) is 20.5.